The largest absolute Gasteiger partial charge is 0.481 e. The van der Waals surface area contributed by atoms with E-state index >= 15 is 0 Å². The second-order valence-corrected chi connectivity index (χ2v) is 3.62. The van der Waals surface area contributed by atoms with E-state index in [2.05, 4.69) is 0 Å². The van der Waals surface area contributed by atoms with Crippen molar-refractivity contribution >= 4 is 11.9 Å². The van der Waals surface area contributed by atoms with E-state index in [1.54, 1.807) is 0 Å². The molecule has 1 N–H and O–H groups in total. The highest BCUT2D eigenvalue weighted by atomic mass is 16.5. The lowest BCUT2D eigenvalue weighted by molar-refractivity contribution is -0.144. The van der Waals surface area contributed by atoms with E-state index in [1.165, 1.54) is 0 Å². The lowest BCUT2D eigenvalue weighted by Gasteiger charge is -2.08. The van der Waals surface area contributed by atoms with Gasteiger partial charge in [-0.05, 0) is 26.9 Å². The van der Waals surface area contributed by atoms with E-state index in [1.807, 2.05) is 19.0 Å². The van der Waals surface area contributed by atoms with Crippen LogP contribution in [0.2, 0.25) is 0 Å². The van der Waals surface area contributed by atoms with Crippen LogP contribution in [-0.4, -0.2) is 49.2 Å². The Kier molecular flexibility index (Phi) is 7.62. The van der Waals surface area contributed by atoms with Crippen LogP contribution in [0.1, 0.15) is 25.7 Å². The van der Waals surface area contributed by atoms with Crippen LogP contribution in [0.15, 0.2) is 0 Å². The number of hydrogen-bond acceptors (Lipinski definition) is 4. The van der Waals surface area contributed by atoms with E-state index in [0.717, 1.165) is 0 Å². The predicted octanol–water partition coefficient (Wildman–Crippen LogP) is 0.736. The molecule has 15 heavy (non-hydrogen) atoms. The second-order valence-electron chi connectivity index (χ2n) is 3.62. The van der Waals surface area contributed by atoms with Crippen molar-refractivity contribution in [2.24, 2.45) is 0 Å². The van der Waals surface area contributed by atoms with Gasteiger partial charge in [-0.15, -0.1) is 0 Å². The Morgan fingerprint density at radius 3 is 2.40 bits per heavy atom. The monoisotopic (exact) mass is 217 g/mol. The summed E-state index contributed by atoms with van der Waals surface area (Å²) in [6.45, 7) is 0.994. The summed E-state index contributed by atoms with van der Waals surface area (Å²) < 4.78 is 4.92. The highest BCUT2D eigenvalue weighted by Gasteiger charge is 2.03. The molecule has 0 radical (unpaired) electrons. The van der Waals surface area contributed by atoms with Gasteiger partial charge < -0.3 is 14.7 Å². The number of ether oxygens (including phenoxy) is 1. The Hall–Kier alpha value is -1.10. The first kappa shape index (κ1) is 13.9. The first-order chi connectivity index (χ1) is 7.02. The van der Waals surface area contributed by atoms with Crippen LogP contribution < -0.4 is 0 Å². The van der Waals surface area contributed by atoms with Crippen LogP contribution in [0.3, 0.4) is 0 Å². The fraction of sp³-hybridized carbons (Fsp3) is 0.800. The minimum Gasteiger partial charge on any atom is -0.481 e. The molecule has 0 bridgehead atoms. The molecule has 0 aliphatic heterocycles. The van der Waals surface area contributed by atoms with Gasteiger partial charge in [0.1, 0.15) is 0 Å². The van der Waals surface area contributed by atoms with Gasteiger partial charge in [-0.3, -0.25) is 9.59 Å². The molecule has 0 aromatic heterocycles. The Balaban J connectivity index is 3.28. The summed E-state index contributed by atoms with van der Waals surface area (Å²) in [6, 6.07) is 0. The molecular formula is C10H19NO4. The molecule has 0 aromatic rings. The molecular weight excluding hydrogens is 198 g/mol. The fourth-order valence-electron chi connectivity index (χ4n) is 0.951. The first-order valence-electron chi connectivity index (χ1n) is 5.04. The van der Waals surface area contributed by atoms with Crippen molar-refractivity contribution in [1.82, 2.24) is 4.90 Å². The minimum atomic E-state index is -0.811. The maximum absolute atomic E-state index is 11.1. The van der Waals surface area contributed by atoms with Gasteiger partial charge in [0.15, 0.2) is 0 Å². The predicted molar refractivity (Wildman–Crippen MR) is 55.6 cm³/mol. The van der Waals surface area contributed by atoms with Gasteiger partial charge in [0.2, 0.25) is 0 Å². The lowest BCUT2D eigenvalue weighted by atomic mass is 10.2. The van der Waals surface area contributed by atoms with E-state index in [4.69, 9.17) is 9.84 Å². The third kappa shape index (κ3) is 10.8. The maximum atomic E-state index is 11.1. The van der Waals surface area contributed by atoms with E-state index in [0.29, 0.717) is 32.4 Å². The van der Waals surface area contributed by atoms with Crippen LogP contribution >= 0.6 is 0 Å². The van der Waals surface area contributed by atoms with Gasteiger partial charge in [-0.25, -0.2) is 0 Å². The van der Waals surface area contributed by atoms with Crippen molar-refractivity contribution in [2.45, 2.75) is 25.7 Å². The number of carboxylic acid groups (broad SMARTS) is 1. The molecule has 0 amide bonds. The average Bonchev–Trinajstić information content (AvgIpc) is 2.13. The zero-order valence-corrected chi connectivity index (χ0v) is 9.36. The number of aliphatic carboxylic acids is 1. The molecule has 0 saturated heterocycles. The fourth-order valence-corrected chi connectivity index (χ4v) is 0.951. The molecule has 88 valence electrons. The summed E-state index contributed by atoms with van der Waals surface area (Å²) in [5.74, 6) is -1.03. The summed E-state index contributed by atoms with van der Waals surface area (Å²) >= 11 is 0. The van der Waals surface area contributed by atoms with Crippen LogP contribution in [0.5, 0.6) is 0 Å². The van der Waals surface area contributed by atoms with Gasteiger partial charge in [0.25, 0.3) is 0 Å². The van der Waals surface area contributed by atoms with Gasteiger partial charge >= 0.3 is 11.9 Å². The number of nitrogens with zero attached hydrogens (tertiary/aromatic N) is 1. The summed E-state index contributed by atoms with van der Waals surface area (Å²) in [4.78, 5) is 23.1. The Labute approximate surface area is 90.0 Å². The summed E-state index contributed by atoms with van der Waals surface area (Å²) in [5, 5.41) is 8.35. The minimum absolute atomic E-state index is 0.134. The number of hydrogen-bond donors (Lipinski definition) is 1. The second kappa shape index (κ2) is 8.23. The smallest absolute Gasteiger partial charge is 0.307 e. The number of carbonyl (C=O) groups excluding carboxylic acids is 1. The van der Waals surface area contributed by atoms with Crippen molar-refractivity contribution in [3.63, 3.8) is 0 Å². The van der Waals surface area contributed by atoms with Crippen molar-refractivity contribution in [2.75, 3.05) is 27.2 Å². The maximum Gasteiger partial charge on any atom is 0.307 e. The zero-order chi connectivity index (χ0) is 11.7. The van der Waals surface area contributed by atoms with E-state index in [9.17, 15) is 9.59 Å². The SMILES string of the molecule is CN(C)CCC(=O)OCCCCC(=O)O. The van der Waals surface area contributed by atoms with Crippen LogP contribution in [0, 0.1) is 0 Å². The Morgan fingerprint density at radius 1 is 1.20 bits per heavy atom. The highest BCUT2D eigenvalue weighted by Crippen LogP contribution is 1.97. The molecule has 0 atom stereocenters. The van der Waals surface area contributed by atoms with Crippen molar-refractivity contribution in [3.05, 3.63) is 0 Å². The van der Waals surface area contributed by atoms with Crippen LogP contribution in [0.25, 0.3) is 0 Å². The quantitative estimate of drug-likeness (QED) is 0.479. The first-order valence-corrected chi connectivity index (χ1v) is 5.04. The number of carboxylic acids is 1. The average molecular weight is 217 g/mol. The third-order valence-corrected chi connectivity index (χ3v) is 1.81. The molecule has 0 unspecified atom stereocenters. The number of carbonyl (C=O) groups is 2. The van der Waals surface area contributed by atoms with Crippen LogP contribution in [0.4, 0.5) is 0 Å². The molecule has 0 spiro atoms. The lowest BCUT2D eigenvalue weighted by Crippen LogP contribution is -2.18. The van der Waals surface area contributed by atoms with Gasteiger partial charge in [0, 0.05) is 13.0 Å². The number of unbranched alkanes of at least 4 members (excludes halogenated alkanes) is 1. The van der Waals surface area contributed by atoms with Gasteiger partial charge in [0.05, 0.1) is 13.0 Å². The normalized spacial score (nSPS) is 10.3. The summed E-state index contributed by atoms with van der Waals surface area (Å²) in [6.07, 6.45) is 1.68. The summed E-state index contributed by atoms with van der Waals surface area (Å²) in [7, 11) is 3.78. The topological polar surface area (TPSA) is 66.8 Å². The van der Waals surface area contributed by atoms with Crippen LogP contribution in [-0.2, 0) is 14.3 Å². The molecule has 5 nitrogen and oxygen atoms in total. The summed E-state index contributed by atoms with van der Waals surface area (Å²) in [5.41, 5.74) is 0. The molecule has 0 rings (SSSR count). The van der Waals surface area contributed by atoms with Crippen molar-refractivity contribution < 1.29 is 19.4 Å². The van der Waals surface area contributed by atoms with E-state index < -0.39 is 5.97 Å². The Morgan fingerprint density at radius 2 is 1.87 bits per heavy atom. The zero-order valence-electron chi connectivity index (χ0n) is 9.36. The van der Waals surface area contributed by atoms with Crippen molar-refractivity contribution in [1.29, 1.82) is 0 Å². The third-order valence-electron chi connectivity index (χ3n) is 1.81. The highest BCUT2D eigenvalue weighted by molar-refractivity contribution is 5.69. The van der Waals surface area contributed by atoms with Gasteiger partial charge in [-0.1, -0.05) is 0 Å². The number of esters is 1. The molecule has 5 heteroatoms. The molecule has 0 heterocycles. The molecule has 0 aliphatic rings. The molecule has 0 aliphatic carbocycles. The van der Waals surface area contributed by atoms with E-state index in [-0.39, 0.29) is 12.4 Å². The van der Waals surface area contributed by atoms with Crippen molar-refractivity contribution in [3.8, 4) is 0 Å². The van der Waals surface area contributed by atoms with Gasteiger partial charge in [-0.2, -0.15) is 0 Å². The molecule has 0 aromatic carbocycles. The number of rotatable bonds is 8. The Bertz CT molecular complexity index is 204. The standard InChI is InChI=1S/C10H19NO4/c1-11(2)7-6-10(14)15-8-4-3-5-9(12)13/h3-8H2,1-2H3,(H,12,13). The molecule has 0 fully saturated rings. The molecule has 0 saturated carbocycles.